The van der Waals surface area contributed by atoms with Gasteiger partial charge in [0.1, 0.15) is 0 Å². The lowest BCUT2D eigenvalue weighted by Gasteiger charge is -2.15. The van der Waals surface area contributed by atoms with Crippen molar-refractivity contribution in [3.05, 3.63) is 47.8 Å². The summed E-state index contributed by atoms with van der Waals surface area (Å²) < 4.78 is 67.1. The molecule has 0 atom stereocenters. The highest BCUT2D eigenvalue weighted by molar-refractivity contribution is 7.89. The van der Waals surface area contributed by atoms with Crippen LogP contribution in [-0.2, 0) is 29.2 Å². The molecule has 1 aliphatic heterocycles. The minimum atomic E-state index is -4.64. The summed E-state index contributed by atoms with van der Waals surface area (Å²) in [6, 6.07) is 6.12. The number of nitrogens with zero attached hydrogens (tertiary/aromatic N) is 4. The summed E-state index contributed by atoms with van der Waals surface area (Å²) in [6.45, 7) is 0.123. The molecular formula is C14H14F3N5O2S. The molecule has 0 saturated carbocycles. The second-order valence-corrected chi connectivity index (χ2v) is 7.29. The number of sulfonamides is 1. The van der Waals surface area contributed by atoms with Gasteiger partial charge in [0.2, 0.25) is 10.0 Å². The van der Waals surface area contributed by atoms with Crippen LogP contribution in [0.25, 0.3) is 0 Å². The van der Waals surface area contributed by atoms with Gasteiger partial charge in [-0.25, -0.2) is 13.1 Å². The van der Waals surface area contributed by atoms with Gasteiger partial charge in [-0.05, 0) is 18.2 Å². The van der Waals surface area contributed by atoms with Gasteiger partial charge in [0, 0.05) is 31.8 Å². The van der Waals surface area contributed by atoms with Gasteiger partial charge in [-0.1, -0.05) is 12.1 Å². The molecule has 1 aromatic heterocycles. The first-order valence-corrected chi connectivity index (χ1v) is 8.72. The van der Waals surface area contributed by atoms with E-state index in [1.807, 2.05) is 0 Å². The van der Waals surface area contributed by atoms with E-state index in [0.29, 0.717) is 6.42 Å². The smallest absolute Gasteiger partial charge is 0.276 e. The van der Waals surface area contributed by atoms with Crippen molar-refractivity contribution in [2.24, 2.45) is 17.3 Å². The summed E-state index contributed by atoms with van der Waals surface area (Å²) >= 11 is 0. The Morgan fingerprint density at radius 1 is 1.16 bits per heavy atom. The molecule has 0 unspecified atom stereocenters. The fourth-order valence-corrected chi connectivity index (χ4v) is 3.33. The third-order valence-corrected chi connectivity index (χ3v) is 5.18. The predicted octanol–water partition coefficient (Wildman–Crippen LogP) is 2.12. The number of hydrogen-bond acceptors (Lipinski definition) is 5. The first-order valence-electron chi connectivity index (χ1n) is 7.24. The van der Waals surface area contributed by atoms with Crippen LogP contribution in [0.15, 0.2) is 51.7 Å². The maximum atomic E-state index is 12.9. The molecule has 11 heteroatoms. The van der Waals surface area contributed by atoms with Crippen molar-refractivity contribution in [3.63, 3.8) is 0 Å². The minimum absolute atomic E-state index is 0.123. The summed E-state index contributed by atoms with van der Waals surface area (Å²) in [4.78, 5) is -0.129. The van der Waals surface area contributed by atoms with Gasteiger partial charge in [-0.3, -0.25) is 4.68 Å². The Balaban J connectivity index is 1.67. The van der Waals surface area contributed by atoms with Crippen molar-refractivity contribution in [1.82, 2.24) is 14.5 Å². The van der Waals surface area contributed by atoms with Crippen LogP contribution in [0.5, 0.6) is 0 Å². The molecule has 1 N–H and O–H groups in total. The molecule has 25 heavy (non-hydrogen) atoms. The first-order chi connectivity index (χ1) is 11.6. The molecule has 1 aromatic carbocycles. The third-order valence-electron chi connectivity index (χ3n) is 3.70. The van der Waals surface area contributed by atoms with Crippen molar-refractivity contribution in [1.29, 1.82) is 0 Å². The van der Waals surface area contributed by atoms with Crippen LogP contribution in [0.1, 0.15) is 11.3 Å². The van der Waals surface area contributed by atoms with E-state index in [0.717, 1.165) is 30.0 Å². The predicted molar refractivity (Wildman–Crippen MR) is 81.1 cm³/mol. The van der Waals surface area contributed by atoms with E-state index in [9.17, 15) is 21.6 Å². The number of rotatable bonds is 6. The van der Waals surface area contributed by atoms with Crippen LogP contribution >= 0.6 is 0 Å². The molecular weight excluding hydrogens is 359 g/mol. The molecule has 2 heterocycles. The highest BCUT2D eigenvalue weighted by Gasteiger charge is 2.65. The summed E-state index contributed by atoms with van der Waals surface area (Å²) in [7, 11) is -2.08. The Bertz CT molecular complexity index is 897. The van der Waals surface area contributed by atoms with Crippen LogP contribution < -0.4 is 4.72 Å². The van der Waals surface area contributed by atoms with Gasteiger partial charge in [0.25, 0.3) is 0 Å². The lowest BCUT2D eigenvalue weighted by molar-refractivity contribution is -0.166. The zero-order valence-corrected chi connectivity index (χ0v) is 13.8. The van der Waals surface area contributed by atoms with Crippen molar-refractivity contribution in [2.45, 2.75) is 23.2 Å². The van der Waals surface area contributed by atoms with Crippen molar-refractivity contribution in [3.8, 4) is 0 Å². The molecule has 2 aromatic rings. The van der Waals surface area contributed by atoms with Gasteiger partial charge >= 0.3 is 11.8 Å². The van der Waals surface area contributed by atoms with Crippen LogP contribution in [0.2, 0.25) is 0 Å². The lowest BCUT2D eigenvalue weighted by atomic mass is 10.0. The largest absolute Gasteiger partial charge is 0.442 e. The highest BCUT2D eigenvalue weighted by atomic mass is 32.2. The van der Waals surface area contributed by atoms with Gasteiger partial charge in [-0.15, -0.1) is 10.2 Å². The van der Waals surface area contributed by atoms with Gasteiger partial charge in [-0.2, -0.15) is 18.3 Å². The topological polar surface area (TPSA) is 88.7 Å². The zero-order valence-electron chi connectivity index (χ0n) is 13.0. The van der Waals surface area contributed by atoms with Crippen molar-refractivity contribution in [2.75, 3.05) is 6.54 Å². The van der Waals surface area contributed by atoms with E-state index >= 15 is 0 Å². The number of benzene rings is 1. The number of alkyl halides is 3. The monoisotopic (exact) mass is 373 g/mol. The lowest BCUT2D eigenvalue weighted by Crippen LogP contribution is -2.30. The molecule has 0 radical (unpaired) electrons. The number of aromatic nitrogens is 2. The maximum absolute atomic E-state index is 12.9. The Kier molecular flexibility index (Phi) is 4.15. The summed E-state index contributed by atoms with van der Waals surface area (Å²) in [5.74, 6) is 0. The Labute approximate surface area is 141 Å². The second-order valence-electron chi connectivity index (χ2n) is 5.52. The average Bonchev–Trinajstić information content (AvgIpc) is 3.26. The Morgan fingerprint density at radius 3 is 2.28 bits per heavy atom. The van der Waals surface area contributed by atoms with E-state index in [1.165, 1.54) is 0 Å². The molecule has 0 aliphatic carbocycles. The standard InChI is InChI=1S/C14H14F3N5O2S/c1-22-9-7-11(19-22)6-8-18-25(23,24)12-4-2-10(3-5-12)13(20-21-13)14(15,16)17/h2-5,7,9,18H,6,8H2,1H3. The summed E-state index contributed by atoms with van der Waals surface area (Å²) in [5, 5.41) is 10.3. The molecule has 0 spiro atoms. The van der Waals surface area contributed by atoms with Crippen LogP contribution in [0.3, 0.4) is 0 Å². The Morgan fingerprint density at radius 2 is 1.80 bits per heavy atom. The number of nitrogens with one attached hydrogen (secondary N) is 1. The highest BCUT2D eigenvalue weighted by Crippen LogP contribution is 2.52. The van der Waals surface area contributed by atoms with E-state index in [2.05, 4.69) is 20.0 Å². The molecule has 0 bridgehead atoms. The van der Waals surface area contributed by atoms with Crippen molar-refractivity contribution >= 4 is 10.0 Å². The maximum Gasteiger partial charge on any atom is 0.442 e. The average molecular weight is 373 g/mol. The van der Waals surface area contributed by atoms with E-state index in [4.69, 9.17) is 0 Å². The van der Waals surface area contributed by atoms with Gasteiger partial charge < -0.3 is 0 Å². The summed E-state index contributed by atoms with van der Waals surface area (Å²) in [5.41, 5.74) is -2.04. The second kappa shape index (κ2) is 5.92. The fraction of sp³-hybridized carbons (Fsp3) is 0.357. The van der Waals surface area contributed by atoms with E-state index in [1.54, 1.807) is 24.0 Å². The van der Waals surface area contributed by atoms with E-state index < -0.39 is 21.9 Å². The van der Waals surface area contributed by atoms with Crippen LogP contribution in [-0.4, -0.2) is 30.9 Å². The fourth-order valence-electron chi connectivity index (χ4n) is 2.30. The van der Waals surface area contributed by atoms with Gasteiger partial charge in [0.15, 0.2) is 0 Å². The normalized spacial score (nSPS) is 16.2. The van der Waals surface area contributed by atoms with E-state index in [-0.39, 0.29) is 17.0 Å². The number of halogens is 3. The van der Waals surface area contributed by atoms with Crippen LogP contribution in [0, 0.1) is 0 Å². The molecule has 1 aliphatic rings. The quantitative estimate of drug-likeness (QED) is 0.841. The first kappa shape index (κ1) is 17.5. The SMILES string of the molecule is Cn1ccc(CCNS(=O)(=O)c2ccc(C3(C(F)(F)F)N=N3)cc2)n1. The molecule has 0 amide bonds. The number of aryl methyl sites for hydroxylation is 1. The van der Waals surface area contributed by atoms with Gasteiger partial charge in [0.05, 0.1) is 10.6 Å². The summed E-state index contributed by atoms with van der Waals surface area (Å²) in [6.07, 6.45) is -2.51. The van der Waals surface area contributed by atoms with Crippen molar-refractivity contribution < 1.29 is 21.6 Å². The molecule has 7 nitrogen and oxygen atoms in total. The number of hydrogen-bond donors (Lipinski definition) is 1. The minimum Gasteiger partial charge on any atom is -0.276 e. The Hall–Kier alpha value is -2.27. The third kappa shape index (κ3) is 3.42. The van der Waals surface area contributed by atoms with Crippen LogP contribution in [0.4, 0.5) is 13.2 Å². The molecule has 3 rings (SSSR count). The molecule has 0 saturated heterocycles. The zero-order chi connectivity index (χ0) is 18.3. The molecule has 0 fully saturated rings. The molecule has 134 valence electrons.